The minimum absolute atomic E-state index is 0.0773. The molecule has 6 nitrogen and oxygen atoms in total. The number of amides is 1. The van der Waals surface area contributed by atoms with Gasteiger partial charge < -0.3 is 14.2 Å². The number of likely N-dealkylation sites (tertiary alicyclic amines) is 1. The molecule has 1 saturated heterocycles. The molecule has 2 aromatic heterocycles. The van der Waals surface area contributed by atoms with Crippen LogP contribution in [-0.4, -0.2) is 40.1 Å². The van der Waals surface area contributed by atoms with E-state index in [0.717, 1.165) is 18.4 Å². The Labute approximate surface area is 155 Å². The van der Waals surface area contributed by atoms with E-state index >= 15 is 0 Å². The Morgan fingerprint density at radius 1 is 1.23 bits per heavy atom. The summed E-state index contributed by atoms with van der Waals surface area (Å²) in [5.41, 5.74) is 3.79. The number of piperidine rings is 1. The molecule has 0 aliphatic carbocycles. The van der Waals surface area contributed by atoms with Gasteiger partial charge in [0.1, 0.15) is 11.9 Å². The fourth-order valence-electron chi connectivity index (χ4n) is 3.24. The zero-order chi connectivity index (χ0) is 18.3. The first-order valence-electron chi connectivity index (χ1n) is 8.77. The van der Waals surface area contributed by atoms with Gasteiger partial charge in [-0.25, -0.2) is 4.98 Å². The van der Waals surface area contributed by atoms with Gasteiger partial charge in [-0.3, -0.25) is 4.79 Å². The van der Waals surface area contributed by atoms with Gasteiger partial charge in [-0.1, -0.05) is 28.6 Å². The highest BCUT2D eigenvalue weighted by atomic mass is 32.1. The molecule has 4 rings (SSSR count). The molecular weight excluding hydrogens is 350 g/mol. The molecular formula is C19H21N3O3S. The lowest BCUT2D eigenvalue weighted by Gasteiger charge is -2.31. The van der Waals surface area contributed by atoms with Crippen molar-refractivity contribution in [2.75, 3.05) is 13.1 Å². The van der Waals surface area contributed by atoms with Crippen LogP contribution >= 0.6 is 11.3 Å². The molecule has 26 heavy (non-hydrogen) atoms. The normalized spacial score (nSPS) is 15.6. The van der Waals surface area contributed by atoms with Gasteiger partial charge in [0.15, 0.2) is 5.69 Å². The van der Waals surface area contributed by atoms with Crippen molar-refractivity contribution < 1.29 is 14.1 Å². The monoisotopic (exact) mass is 371 g/mol. The maximum atomic E-state index is 12.4. The summed E-state index contributed by atoms with van der Waals surface area (Å²) in [7, 11) is 0. The van der Waals surface area contributed by atoms with Gasteiger partial charge in [-0.05, 0) is 31.9 Å². The number of nitrogens with zero attached hydrogens (tertiary/aromatic N) is 3. The Morgan fingerprint density at radius 2 is 1.96 bits per heavy atom. The van der Waals surface area contributed by atoms with Crippen molar-refractivity contribution in [3.63, 3.8) is 0 Å². The SMILES string of the molecule is Cc1cc(C(=O)N2CCC(Oc3nc4c(C)ccc(C)c4s3)CC2)no1. The van der Waals surface area contributed by atoms with Crippen LogP contribution in [0.1, 0.15) is 40.2 Å². The third-order valence-electron chi connectivity index (χ3n) is 4.77. The molecule has 3 heterocycles. The molecule has 0 bridgehead atoms. The summed E-state index contributed by atoms with van der Waals surface area (Å²) >= 11 is 1.60. The maximum absolute atomic E-state index is 12.4. The summed E-state index contributed by atoms with van der Waals surface area (Å²) in [5.74, 6) is 0.569. The summed E-state index contributed by atoms with van der Waals surface area (Å²) in [6, 6.07) is 5.89. The minimum atomic E-state index is -0.0773. The molecule has 1 aliphatic heterocycles. The van der Waals surface area contributed by atoms with Crippen LogP contribution in [0, 0.1) is 20.8 Å². The third-order valence-corrected chi connectivity index (χ3v) is 5.85. The number of aromatic nitrogens is 2. The molecule has 7 heteroatoms. The summed E-state index contributed by atoms with van der Waals surface area (Å²) in [6.45, 7) is 7.25. The molecule has 0 saturated carbocycles. The predicted octanol–water partition coefficient (Wildman–Crippen LogP) is 3.89. The van der Waals surface area contributed by atoms with E-state index < -0.39 is 0 Å². The van der Waals surface area contributed by atoms with Crippen LogP contribution in [0.5, 0.6) is 5.19 Å². The maximum Gasteiger partial charge on any atom is 0.276 e. The number of carbonyl (C=O) groups excluding carboxylic acids is 1. The smallest absolute Gasteiger partial charge is 0.276 e. The molecule has 0 spiro atoms. The lowest BCUT2D eigenvalue weighted by molar-refractivity contribution is 0.0586. The van der Waals surface area contributed by atoms with Crippen molar-refractivity contribution in [2.45, 2.75) is 39.7 Å². The van der Waals surface area contributed by atoms with Crippen molar-refractivity contribution in [2.24, 2.45) is 0 Å². The summed E-state index contributed by atoms with van der Waals surface area (Å²) in [4.78, 5) is 18.9. The number of hydrogen-bond acceptors (Lipinski definition) is 6. The van der Waals surface area contributed by atoms with Crippen LogP contribution in [0.3, 0.4) is 0 Å². The Morgan fingerprint density at radius 3 is 2.62 bits per heavy atom. The first kappa shape index (κ1) is 17.0. The molecule has 3 aromatic rings. The van der Waals surface area contributed by atoms with Crippen LogP contribution < -0.4 is 4.74 Å². The number of benzene rings is 1. The van der Waals surface area contributed by atoms with Gasteiger partial charge in [-0.2, -0.15) is 0 Å². The molecule has 1 fully saturated rings. The average Bonchev–Trinajstić information content (AvgIpc) is 3.25. The quantitative estimate of drug-likeness (QED) is 0.699. The summed E-state index contributed by atoms with van der Waals surface area (Å²) in [6.07, 6.45) is 1.66. The average molecular weight is 371 g/mol. The van der Waals surface area contributed by atoms with E-state index in [1.54, 1.807) is 24.3 Å². The molecule has 1 aromatic carbocycles. The van der Waals surface area contributed by atoms with Gasteiger partial charge in [0.25, 0.3) is 11.1 Å². The van der Waals surface area contributed by atoms with Crippen molar-refractivity contribution >= 4 is 27.5 Å². The lowest BCUT2D eigenvalue weighted by Crippen LogP contribution is -2.41. The van der Waals surface area contributed by atoms with Crippen molar-refractivity contribution in [3.8, 4) is 5.19 Å². The van der Waals surface area contributed by atoms with Crippen LogP contribution in [0.15, 0.2) is 22.7 Å². The molecule has 0 N–H and O–H groups in total. The van der Waals surface area contributed by atoms with Gasteiger partial charge in [0.05, 0.1) is 10.2 Å². The van der Waals surface area contributed by atoms with E-state index in [4.69, 9.17) is 9.26 Å². The van der Waals surface area contributed by atoms with Crippen molar-refractivity contribution in [3.05, 3.63) is 40.8 Å². The number of hydrogen-bond donors (Lipinski definition) is 0. The number of rotatable bonds is 3. The second-order valence-electron chi connectivity index (χ2n) is 6.79. The van der Waals surface area contributed by atoms with Gasteiger partial charge in [0, 0.05) is 32.0 Å². The van der Waals surface area contributed by atoms with Crippen LogP contribution in [-0.2, 0) is 0 Å². The molecule has 0 radical (unpaired) electrons. The molecule has 136 valence electrons. The highest BCUT2D eigenvalue weighted by Gasteiger charge is 2.27. The zero-order valence-electron chi connectivity index (χ0n) is 15.1. The predicted molar refractivity (Wildman–Crippen MR) is 99.9 cm³/mol. The van der Waals surface area contributed by atoms with Gasteiger partial charge in [-0.15, -0.1) is 0 Å². The first-order chi connectivity index (χ1) is 12.5. The Balaban J connectivity index is 1.40. The van der Waals surface area contributed by atoms with Crippen LogP contribution in [0.4, 0.5) is 0 Å². The Hall–Kier alpha value is -2.41. The van der Waals surface area contributed by atoms with E-state index in [2.05, 4.69) is 36.1 Å². The van der Waals surface area contributed by atoms with Gasteiger partial charge in [0.2, 0.25) is 0 Å². The number of fused-ring (bicyclic) bond motifs is 1. The summed E-state index contributed by atoms with van der Waals surface area (Å²) < 4.78 is 12.3. The van der Waals surface area contributed by atoms with E-state index in [1.165, 1.54) is 15.8 Å². The van der Waals surface area contributed by atoms with E-state index in [0.29, 0.717) is 29.7 Å². The number of carbonyl (C=O) groups is 1. The highest BCUT2D eigenvalue weighted by Crippen LogP contribution is 2.33. The minimum Gasteiger partial charge on any atom is -0.467 e. The van der Waals surface area contributed by atoms with Crippen LogP contribution in [0.25, 0.3) is 10.2 Å². The standard InChI is InChI=1S/C19H21N3O3S/c1-11-4-5-12(2)17-16(11)20-19(26-17)24-14-6-8-22(9-7-14)18(23)15-10-13(3)25-21-15/h4-5,10,14H,6-9H2,1-3H3. The van der Waals surface area contributed by atoms with E-state index in [1.807, 2.05) is 4.90 Å². The zero-order valence-corrected chi connectivity index (χ0v) is 15.9. The largest absolute Gasteiger partial charge is 0.467 e. The van der Waals surface area contributed by atoms with Crippen molar-refractivity contribution in [1.82, 2.24) is 15.0 Å². The molecule has 0 atom stereocenters. The second-order valence-corrected chi connectivity index (χ2v) is 7.75. The highest BCUT2D eigenvalue weighted by molar-refractivity contribution is 7.20. The Bertz CT molecular complexity index is 915. The lowest BCUT2D eigenvalue weighted by atomic mass is 10.1. The number of aryl methyl sites for hydroxylation is 3. The first-order valence-corrected chi connectivity index (χ1v) is 9.59. The number of thiazole rings is 1. The summed E-state index contributed by atoms with van der Waals surface area (Å²) in [5, 5.41) is 4.53. The van der Waals surface area contributed by atoms with Crippen LogP contribution in [0.2, 0.25) is 0 Å². The van der Waals surface area contributed by atoms with E-state index in [9.17, 15) is 4.79 Å². The molecule has 0 unspecified atom stereocenters. The topological polar surface area (TPSA) is 68.5 Å². The van der Waals surface area contributed by atoms with Crippen molar-refractivity contribution in [1.29, 1.82) is 0 Å². The Kier molecular flexibility index (Phi) is 4.40. The van der Waals surface area contributed by atoms with E-state index in [-0.39, 0.29) is 12.0 Å². The molecule has 1 aliphatic rings. The third kappa shape index (κ3) is 3.19. The fraction of sp³-hybridized carbons (Fsp3) is 0.421. The number of ether oxygens (including phenoxy) is 1. The fourth-order valence-corrected chi connectivity index (χ4v) is 4.27. The second kappa shape index (κ2) is 6.72. The molecule has 1 amide bonds. The van der Waals surface area contributed by atoms with Gasteiger partial charge >= 0.3 is 0 Å².